The van der Waals surface area contributed by atoms with Crippen LogP contribution < -0.4 is 16.6 Å². The van der Waals surface area contributed by atoms with E-state index in [0.717, 1.165) is 0 Å². The van der Waals surface area contributed by atoms with Crippen molar-refractivity contribution in [2.45, 2.75) is 6.92 Å². The van der Waals surface area contributed by atoms with Crippen LogP contribution in [0.1, 0.15) is 5.69 Å². The molecule has 0 aliphatic heterocycles. The molecular formula is C11H11ClFN5. The van der Waals surface area contributed by atoms with E-state index in [1.54, 1.807) is 19.1 Å². The lowest BCUT2D eigenvalue weighted by atomic mass is 10.3. The average Bonchev–Trinajstić information content (AvgIpc) is 2.33. The number of nitrogens with zero attached hydrogens (tertiary/aromatic N) is 2. The average molecular weight is 268 g/mol. The molecule has 94 valence electrons. The Bertz CT molecular complexity index is 555. The molecule has 5 nitrogen and oxygen atoms in total. The highest BCUT2D eigenvalue weighted by atomic mass is 35.5. The van der Waals surface area contributed by atoms with Gasteiger partial charge in [-0.05, 0) is 19.1 Å². The van der Waals surface area contributed by atoms with Crippen molar-refractivity contribution in [2.75, 3.05) is 10.7 Å². The molecule has 0 aliphatic carbocycles. The molecule has 0 fully saturated rings. The van der Waals surface area contributed by atoms with Gasteiger partial charge in [0.1, 0.15) is 11.6 Å². The number of nitrogen functional groups attached to an aromatic ring is 1. The number of anilines is 3. The van der Waals surface area contributed by atoms with E-state index in [9.17, 15) is 4.39 Å². The van der Waals surface area contributed by atoms with Crippen molar-refractivity contribution in [2.24, 2.45) is 5.84 Å². The first kappa shape index (κ1) is 12.5. The normalized spacial score (nSPS) is 10.2. The Morgan fingerprint density at radius 2 is 2.11 bits per heavy atom. The van der Waals surface area contributed by atoms with Crippen LogP contribution in [0.25, 0.3) is 0 Å². The minimum Gasteiger partial charge on any atom is -0.336 e. The first-order chi connectivity index (χ1) is 8.60. The molecule has 2 aromatic rings. The zero-order valence-corrected chi connectivity index (χ0v) is 10.3. The summed E-state index contributed by atoms with van der Waals surface area (Å²) < 4.78 is 13.6. The van der Waals surface area contributed by atoms with Crippen LogP contribution in [0.3, 0.4) is 0 Å². The molecule has 2 rings (SSSR count). The maximum atomic E-state index is 13.6. The third-order valence-corrected chi connectivity index (χ3v) is 2.51. The Hall–Kier alpha value is -1.92. The molecule has 7 heteroatoms. The number of hydrazine groups is 1. The Morgan fingerprint density at radius 3 is 2.78 bits per heavy atom. The smallest absolute Gasteiger partial charge is 0.239 e. The minimum absolute atomic E-state index is 0.167. The van der Waals surface area contributed by atoms with Crippen LogP contribution in [-0.2, 0) is 0 Å². The molecule has 0 bridgehead atoms. The third-order valence-electron chi connectivity index (χ3n) is 2.20. The van der Waals surface area contributed by atoms with Crippen molar-refractivity contribution < 1.29 is 4.39 Å². The van der Waals surface area contributed by atoms with Gasteiger partial charge in [-0.15, -0.1) is 0 Å². The Labute approximate surface area is 108 Å². The van der Waals surface area contributed by atoms with Crippen LogP contribution in [0.2, 0.25) is 5.02 Å². The van der Waals surface area contributed by atoms with Crippen molar-refractivity contribution in [1.82, 2.24) is 9.97 Å². The van der Waals surface area contributed by atoms with Crippen molar-refractivity contribution in [3.63, 3.8) is 0 Å². The van der Waals surface area contributed by atoms with Crippen molar-refractivity contribution in [3.05, 3.63) is 40.8 Å². The van der Waals surface area contributed by atoms with E-state index < -0.39 is 5.82 Å². The monoisotopic (exact) mass is 267 g/mol. The van der Waals surface area contributed by atoms with Crippen LogP contribution in [0.15, 0.2) is 24.3 Å². The molecule has 0 amide bonds. The largest absolute Gasteiger partial charge is 0.336 e. The summed E-state index contributed by atoms with van der Waals surface area (Å²) >= 11 is 5.91. The lowest BCUT2D eigenvalue weighted by molar-refractivity contribution is 0.632. The van der Waals surface area contributed by atoms with Gasteiger partial charge in [0.15, 0.2) is 0 Å². The summed E-state index contributed by atoms with van der Waals surface area (Å²) in [5.74, 6) is 5.43. The summed E-state index contributed by atoms with van der Waals surface area (Å²) in [6.07, 6.45) is 0. The van der Waals surface area contributed by atoms with E-state index in [-0.39, 0.29) is 16.7 Å². The third kappa shape index (κ3) is 2.66. The molecule has 1 aromatic carbocycles. The number of rotatable bonds is 3. The standard InChI is InChI=1S/C11H11ClFN5/c1-6-5-9(17-11(15-6)18-14)16-10-7(12)3-2-4-8(10)13/h2-5H,14H2,1H3,(H2,15,16,17,18). The summed E-state index contributed by atoms with van der Waals surface area (Å²) in [4.78, 5) is 8.07. The van der Waals surface area contributed by atoms with Gasteiger partial charge in [0, 0.05) is 11.8 Å². The number of aromatic nitrogens is 2. The number of hydrogen-bond donors (Lipinski definition) is 3. The molecular weight excluding hydrogens is 257 g/mol. The van der Waals surface area contributed by atoms with Gasteiger partial charge >= 0.3 is 0 Å². The van der Waals surface area contributed by atoms with E-state index in [1.165, 1.54) is 12.1 Å². The van der Waals surface area contributed by atoms with Gasteiger partial charge in [-0.25, -0.2) is 15.2 Å². The SMILES string of the molecule is Cc1cc(Nc2c(F)cccc2Cl)nc(NN)n1. The Balaban J connectivity index is 2.37. The van der Waals surface area contributed by atoms with E-state index >= 15 is 0 Å². The second kappa shape index (κ2) is 5.16. The predicted molar refractivity (Wildman–Crippen MR) is 69.3 cm³/mol. The number of aryl methyl sites for hydroxylation is 1. The van der Waals surface area contributed by atoms with Crippen LogP contribution in [0.4, 0.5) is 21.8 Å². The van der Waals surface area contributed by atoms with Gasteiger partial charge in [-0.1, -0.05) is 17.7 Å². The Kier molecular flexibility index (Phi) is 3.59. The van der Waals surface area contributed by atoms with E-state index in [4.69, 9.17) is 17.4 Å². The van der Waals surface area contributed by atoms with Gasteiger partial charge in [-0.2, -0.15) is 4.98 Å². The zero-order chi connectivity index (χ0) is 13.1. The lowest BCUT2D eigenvalue weighted by Crippen LogP contribution is -2.12. The van der Waals surface area contributed by atoms with Crippen LogP contribution in [-0.4, -0.2) is 9.97 Å². The summed E-state index contributed by atoms with van der Waals surface area (Å²) in [5, 5.41) is 3.07. The fraction of sp³-hybridized carbons (Fsp3) is 0.0909. The highest BCUT2D eigenvalue weighted by molar-refractivity contribution is 6.33. The second-order valence-corrected chi connectivity index (χ2v) is 3.99. The zero-order valence-electron chi connectivity index (χ0n) is 9.54. The predicted octanol–water partition coefficient (Wildman–Crippen LogP) is 2.61. The van der Waals surface area contributed by atoms with Crippen molar-refractivity contribution in [3.8, 4) is 0 Å². The second-order valence-electron chi connectivity index (χ2n) is 3.58. The molecule has 0 aliphatic rings. The van der Waals surface area contributed by atoms with Crippen LogP contribution in [0.5, 0.6) is 0 Å². The van der Waals surface area contributed by atoms with Crippen molar-refractivity contribution >= 4 is 29.1 Å². The van der Waals surface area contributed by atoms with Gasteiger partial charge < -0.3 is 5.32 Å². The quantitative estimate of drug-likeness (QED) is 0.589. The summed E-state index contributed by atoms with van der Waals surface area (Å²) in [5.41, 5.74) is 3.19. The molecule has 1 aromatic heterocycles. The first-order valence-electron chi connectivity index (χ1n) is 5.13. The van der Waals surface area contributed by atoms with E-state index in [0.29, 0.717) is 11.5 Å². The van der Waals surface area contributed by atoms with Gasteiger partial charge in [-0.3, -0.25) is 5.43 Å². The lowest BCUT2D eigenvalue weighted by Gasteiger charge is -2.10. The van der Waals surface area contributed by atoms with Gasteiger partial charge in [0.05, 0.1) is 10.7 Å². The fourth-order valence-corrected chi connectivity index (χ4v) is 1.65. The number of nitrogens with one attached hydrogen (secondary N) is 2. The molecule has 0 saturated carbocycles. The van der Waals surface area contributed by atoms with Crippen LogP contribution >= 0.6 is 11.6 Å². The molecule has 0 saturated heterocycles. The molecule has 1 heterocycles. The first-order valence-corrected chi connectivity index (χ1v) is 5.51. The number of hydrogen-bond acceptors (Lipinski definition) is 5. The topological polar surface area (TPSA) is 75.9 Å². The molecule has 4 N–H and O–H groups in total. The van der Waals surface area contributed by atoms with Gasteiger partial charge in [0.2, 0.25) is 5.95 Å². The highest BCUT2D eigenvalue weighted by Gasteiger charge is 2.08. The summed E-state index contributed by atoms with van der Waals surface area (Å²) in [6.45, 7) is 1.77. The van der Waals surface area contributed by atoms with Crippen molar-refractivity contribution in [1.29, 1.82) is 0 Å². The molecule has 18 heavy (non-hydrogen) atoms. The highest BCUT2D eigenvalue weighted by Crippen LogP contribution is 2.27. The van der Waals surface area contributed by atoms with Crippen LogP contribution in [0, 0.1) is 12.7 Å². The minimum atomic E-state index is -0.457. The molecule has 0 atom stereocenters. The van der Waals surface area contributed by atoms with Gasteiger partial charge in [0.25, 0.3) is 0 Å². The number of benzene rings is 1. The summed E-state index contributed by atoms with van der Waals surface area (Å²) in [6, 6.07) is 6.08. The fourth-order valence-electron chi connectivity index (χ4n) is 1.44. The number of halogens is 2. The molecule has 0 radical (unpaired) electrons. The van der Waals surface area contributed by atoms with E-state index in [2.05, 4.69) is 20.7 Å². The number of nitrogens with two attached hydrogens (primary N) is 1. The van der Waals surface area contributed by atoms with E-state index in [1.807, 2.05) is 0 Å². The summed E-state index contributed by atoms with van der Waals surface area (Å²) in [7, 11) is 0. The maximum Gasteiger partial charge on any atom is 0.239 e. The Morgan fingerprint density at radius 1 is 1.33 bits per heavy atom. The molecule has 0 spiro atoms. The number of para-hydroxylation sites is 1. The molecule has 0 unspecified atom stereocenters. The maximum absolute atomic E-state index is 13.6.